The number of carbonyl (C=O) groups is 1. The zero-order chi connectivity index (χ0) is 20.8. The molecule has 0 aliphatic carbocycles. The van der Waals surface area contributed by atoms with E-state index in [1.807, 2.05) is 37.3 Å². The van der Waals surface area contributed by atoms with Crippen LogP contribution in [0.5, 0.6) is 11.5 Å². The summed E-state index contributed by atoms with van der Waals surface area (Å²) in [6.07, 6.45) is 4.89. The van der Waals surface area contributed by atoms with E-state index in [-0.39, 0.29) is 17.4 Å². The molecule has 0 unspecified atom stereocenters. The minimum Gasteiger partial charge on any atom is -0.504 e. The Bertz CT molecular complexity index is 1100. The Morgan fingerprint density at radius 1 is 1.21 bits per heavy atom. The lowest BCUT2D eigenvalue weighted by Gasteiger charge is -2.13. The van der Waals surface area contributed by atoms with Gasteiger partial charge in [0.25, 0.3) is 5.56 Å². The van der Waals surface area contributed by atoms with E-state index < -0.39 is 5.56 Å². The van der Waals surface area contributed by atoms with Gasteiger partial charge >= 0.3 is 0 Å². The average Bonchev–Trinajstić information content (AvgIpc) is 2.74. The number of aromatic nitrogens is 1. The molecule has 6 heteroatoms. The van der Waals surface area contributed by atoms with Gasteiger partial charge in [-0.05, 0) is 36.3 Å². The van der Waals surface area contributed by atoms with Gasteiger partial charge in [0.2, 0.25) is 11.7 Å². The summed E-state index contributed by atoms with van der Waals surface area (Å²) in [4.78, 5) is 24.8. The second-order valence-electron chi connectivity index (χ2n) is 6.71. The minimum atomic E-state index is -0.418. The number of fused-ring (bicyclic) bond motifs is 1. The van der Waals surface area contributed by atoms with E-state index in [1.54, 1.807) is 31.3 Å². The van der Waals surface area contributed by atoms with Crippen LogP contribution in [-0.2, 0) is 11.8 Å². The number of aromatic hydroxyl groups is 1. The number of nitrogens with zero attached hydrogens (tertiary/aromatic N) is 1. The largest absolute Gasteiger partial charge is 0.504 e. The van der Waals surface area contributed by atoms with Crippen LogP contribution in [0.25, 0.3) is 17.0 Å². The summed E-state index contributed by atoms with van der Waals surface area (Å²) in [5.41, 5.74) is 1.53. The molecule has 0 bridgehead atoms. The summed E-state index contributed by atoms with van der Waals surface area (Å²) >= 11 is 0. The predicted octanol–water partition coefficient (Wildman–Crippen LogP) is 4.07. The van der Waals surface area contributed by atoms with Crippen molar-refractivity contribution in [3.8, 4) is 11.5 Å². The Morgan fingerprint density at radius 2 is 1.97 bits per heavy atom. The lowest BCUT2D eigenvalue weighted by molar-refractivity contribution is -0.111. The lowest BCUT2D eigenvalue weighted by atomic mass is 10.1. The standard InChI is InChI=1S/C23H24N2O4/c1-3-4-14-29-22-21(27)18-12-11-17(15-19(18)25(2)23(22)28)24-20(26)13-10-16-8-6-5-7-9-16/h5-13,15,27H,3-4,14H2,1-2H3,(H,24,26). The number of unbranched alkanes of at least 4 members (excludes halogenated alkanes) is 1. The third-order valence-corrected chi connectivity index (χ3v) is 4.57. The van der Waals surface area contributed by atoms with E-state index in [4.69, 9.17) is 4.74 Å². The summed E-state index contributed by atoms with van der Waals surface area (Å²) in [5, 5.41) is 13.8. The van der Waals surface area contributed by atoms with Gasteiger partial charge in [-0.2, -0.15) is 0 Å². The highest BCUT2D eigenvalue weighted by Crippen LogP contribution is 2.32. The number of ether oxygens (including phenoxy) is 1. The van der Waals surface area contributed by atoms with Crippen molar-refractivity contribution >= 4 is 28.6 Å². The SMILES string of the molecule is CCCCOc1c(O)c2ccc(NC(=O)C=Cc3ccccc3)cc2n(C)c1=O. The van der Waals surface area contributed by atoms with E-state index in [0.717, 1.165) is 18.4 Å². The van der Waals surface area contributed by atoms with Crippen molar-refractivity contribution in [1.82, 2.24) is 4.57 Å². The first-order valence-electron chi connectivity index (χ1n) is 9.54. The van der Waals surface area contributed by atoms with Crippen molar-refractivity contribution in [2.45, 2.75) is 19.8 Å². The molecule has 0 fully saturated rings. The van der Waals surface area contributed by atoms with Gasteiger partial charge in [-0.25, -0.2) is 0 Å². The topological polar surface area (TPSA) is 80.6 Å². The summed E-state index contributed by atoms with van der Waals surface area (Å²) in [6.45, 7) is 2.39. The molecule has 0 saturated carbocycles. The highest BCUT2D eigenvalue weighted by molar-refractivity contribution is 6.03. The summed E-state index contributed by atoms with van der Waals surface area (Å²) in [6, 6.07) is 14.5. The Kier molecular flexibility index (Phi) is 6.34. The number of carbonyl (C=O) groups excluding carboxylic acids is 1. The molecule has 1 heterocycles. The molecule has 0 aliphatic rings. The van der Waals surface area contributed by atoms with E-state index in [2.05, 4.69) is 5.32 Å². The van der Waals surface area contributed by atoms with Crippen molar-refractivity contribution in [2.75, 3.05) is 11.9 Å². The Morgan fingerprint density at radius 3 is 2.69 bits per heavy atom. The zero-order valence-electron chi connectivity index (χ0n) is 16.5. The number of pyridine rings is 1. The quantitative estimate of drug-likeness (QED) is 0.469. The molecule has 6 nitrogen and oxygen atoms in total. The molecule has 2 aromatic carbocycles. The third kappa shape index (κ3) is 4.66. The van der Waals surface area contributed by atoms with Crippen molar-refractivity contribution in [2.24, 2.45) is 7.05 Å². The molecule has 1 aromatic heterocycles. The highest BCUT2D eigenvalue weighted by Gasteiger charge is 2.16. The van der Waals surface area contributed by atoms with Crippen molar-refractivity contribution < 1.29 is 14.6 Å². The second kappa shape index (κ2) is 9.10. The van der Waals surface area contributed by atoms with E-state index >= 15 is 0 Å². The fourth-order valence-corrected chi connectivity index (χ4v) is 2.94. The number of nitrogens with one attached hydrogen (secondary N) is 1. The molecule has 0 spiro atoms. The first-order valence-corrected chi connectivity index (χ1v) is 9.54. The van der Waals surface area contributed by atoms with Crippen molar-refractivity contribution in [3.63, 3.8) is 0 Å². The van der Waals surface area contributed by atoms with Crippen LogP contribution in [0.3, 0.4) is 0 Å². The maximum Gasteiger partial charge on any atom is 0.297 e. The van der Waals surface area contributed by atoms with E-state index in [0.29, 0.717) is 23.2 Å². The smallest absolute Gasteiger partial charge is 0.297 e. The van der Waals surface area contributed by atoms with Crippen LogP contribution in [0.15, 0.2) is 59.4 Å². The van der Waals surface area contributed by atoms with Gasteiger partial charge in [0.05, 0.1) is 12.1 Å². The molecule has 3 rings (SSSR count). The van der Waals surface area contributed by atoms with Gasteiger partial charge in [-0.15, -0.1) is 0 Å². The maximum atomic E-state index is 12.6. The molecule has 29 heavy (non-hydrogen) atoms. The van der Waals surface area contributed by atoms with Crippen LogP contribution in [0.1, 0.15) is 25.3 Å². The summed E-state index contributed by atoms with van der Waals surface area (Å²) < 4.78 is 6.91. The van der Waals surface area contributed by atoms with Gasteiger partial charge in [0.15, 0.2) is 5.75 Å². The molecule has 0 saturated heterocycles. The number of benzene rings is 2. The normalized spacial score (nSPS) is 11.1. The first kappa shape index (κ1) is 20.2. The van der Waals surface area contributed by atoms with Crippen LogP contribution in [-0.4, -0.2) is 22.2 Å². The van der Waals surface area contributed by atoms with Crippen molar-refractivity contribution in [1.29, 1.82) is 0 Å². The average molecular weight is 392 g/mol. The number of hydrogen-bond donors (Lipinski definition) is 2. The van der Waals surface area contributed by atoms with Crippen molar-refractivity contribution in [3.05, 3.63) is 70.5 Å². The van der Waals surface area contributed by atoms with Crippen LogP contribution in [0, 0.1) is 0 Å². The predicted molar refractivity (Wildman–Crippen MR) is 115 cm³/mol. The summed E-state index contributed by atoms with van der Waals surface area (Å²) in [7, 11) is 1.61. The molecule has 3 aromatic rings. The third-order valence-electron chi connectivity index (χ3n) is 4.57. The Hall–Kier alpha value is -3.54. The van der Waals surface area contributed by atoms with Crippen LogP contribution in [0.4, 0.5) is 5.69 Å². The number of aryl methyl sites for hydroxylation is 1. The van der Waals surface area contributed by atoms with Gasteiger partial charge in [-0.3, -0.25) is 9.59 Å². The maximum absolute atomic E-state index is 12.6. The number of anilines is 1. The Balaban J connectivity index is 1.85. The van der Waals surface area contributed by atoms with E-state index in [9.17, 15) is 14.7 Å². The molecule has 1 amide bonds. The zero-order valence-corrected chi connectivity index (χ0v) is 16.5. The monoisotopic (exact) mass is 392 g/mol. The highest BCUT2D eigenvalue weighted by atomic mass is 16.5. The van der Waals surface area contributed by atoms with Gasteiger partial charge in [-0.1, -0.05) is 43.7 Å². The van der Waals surface area contributed by atoms with Gasteiger partial charge < -0.3 is 19.7 Å². The first-order chi connectivity index (χ1) is 14.0. The molecule has 150 valence electrons. The van der Waals surface area contributed by atoms with E-state index in [1.165, 1.54) is 10.6 Å². The minimum absolute atomic E-state index is 0.0453. The Labute approximate surface area is 169 Å². The fourth-order valence-electron chi connectivity index (χ4n) is 2.94. The molecule has 0 radical (unpaired) electrons. The van der Waals surface area contributed by atoms with Crippen LogP contribution < -0.4 is 15.6 Å². The molecule has 0 aliphatic heterocycles. The number of rotatable bonds is 7. The lowest BCUT2D eigenvalue weighted by Crippen LogP contribution is -2.20. The molecule has 2 N–H and O–H groups in total. The molecule has 0 atom stereocenters. The van der Waals surface area contributed by atoms with Gasteiger partial charge in [0, 0.05) is 24.2 Å². The fraction of sp³-hybridized carbons (Fsp3) is 0.217. The van der Waals surface area contributed by atoms with Crippen LogP contribution >= 0.6 is 0 Å². The van der Waals surface area contributed by atoms with Gasteiger partial charge in [0.1, 0.15) is 0 Å². The number of hydrogen-bond acceptors (Lipinski definition) is 4. The van der Waals surface area contributed by atoms with Crippen LogP contribution in [0.2, 0.25) is 0 Å². The second-order valence-corrected chi connectivity index (χ2v) is 6.71. The summed E-state index contributed by atoms with van der Waals surface area (Å²) in [5.74, 6) is -0.515. The number of amides is 1. The molecular formula is C23H24N2O4. The molecular weight excluding hydrogens is 368 g/mol.